The number of ether oxygens (including phenoxy) is 1. The van der Waals surface area contributed by atoms with Crippen LogP contribution >= 0.6 is 11.3 Å². The van der Waals surface area contributed by atoms with Gasteiger partial charge in [-0.3, -0.25) is 14.9 Å². The van der Waals surface area contributed by atoms with Gasteiger partial charge < -0.3 is 10.1 Å². The van der Waals surface area contributed by atoms with Crippen molar-refractivity contribution >= 4 is 33.9 Å². The molecule has 27 heavy (non-hydrogen) atoms. The van der Waals surface area contributed by atoms with Crippen molar-refractivity contribution in [1.29, 1.82) is 0 Å². The van der Waals surface area contributed by atoms with Gasteiger partial charge in [0.1, 0.15) is 4.88 Å². The molecule has 0 atom stereocenters. The van der Waals surface area contributed by atoms with E-state index < -0.39 is 23.4 Å². The van der Waals surface area contributed by atoms with Crippen LogP contribution in [0.4, 0.5) is 10.7 Å². The van der Waals surface area contributed by atoms with Gasteiger partial charge in [0.15, 0.2) is 6.61 Å². The third-order valence-corrected chi connectivity index (χ3v) is 4.60. The minimum Gasteiger partial charge on any atom is -0.451 e. The molecule has 0 unspecified atom stereocenters. The average Bonchev–Trinajstić information content (AvgIpc) is 3.18. The number of nitro groups is 1. The lowest BCUT2D eigenvalue weighted by atomic mass is 10.1. The highest BCUT2D eigenvalue weighted by molar-refractivity contribution is 7.17. The summed E-state index contributed by atoms with van der Waals surface area (Å²) in [7, 11) is 0. The van der Waals surface area contributed by atoms with Crippen LogP contribution in [0.1, 0.15) is 9.67 Å². The van der Waals surface area contributed by atoms with Gasteiger partial charge in [-0.15, -0.1) is 0 Å². The van der Waals surface area contributed by atoms with E-state index in [4.69, 9.17) is 4.74 Å². The summed E-state index contributed by atoms with van der Waals surface area (Å²) < 4.78 is 4.89. The molecule has 8 heteroatoms. The van der Waals surface area contributed by atoms with Gasteiger partial charge >= 0.3 is 11.0 Å². The molecule has 1 aromatic heterocycles. The number of nitrogens with one attached hydrogen (secondary N) is 1. The highest BCUT2D eigenvalue weighted by Crippen LogP contribution is 2.24. The molecule has 1 amide bonds. The lowest BCUT2D eigenvalue weighted by Crippen LogP contribution is -2.20. The Bertz CT molecular complexity index is 967. The van der Waals surface area contributed by atoms with Crippen LogP contribution in [-0.4, -0.2) is 23.4 Å². The molecule has 136 valence electrons. The highest BCUT2D eigenvalue weighted by atomic mass is 32.1. The largest absolute Gasteiger partial charge is 0.451 e. The number of amides is 1. The zero-order chi connectivity index (χ0) is 19.2. The fraction of sp³-hybridized carbons (Fsp3) is 0.0526. The summed E-state index contributed by atoms with van der Waals surface area (Å²) in [5.74, 6) is -1.27. The van der Waals surface area contributed by atoms with Crippen molar-refractivity contribution in [3.05, 3.63) is 81.7 Å². The second-order valence-electron chi connectivity index (χ2n) is 5.46. The first kappa shape index (κ1) is 18.3. The Morgan fingerprint density at radius 2 is 1.63 bits per heavy atom. The molecule has 0 aliphatic heterocycles. The van der Waals surface area contributed by atoms with E-state index in [0.29, 0.717) is 17.0 Å². The molecule has 0 radical (unpaired) electrons. The third-order valence-electron chi connectivity index (χ3n) is 3.58. The molecule has 0 aliphatic rings. The van der Waals surface area contributed by atoms with E-state index >= 15 is 0 Å². The predicted octanol–water partition coefficient (Wildman–Crippen LogP) is 4.12. The molecule has 3 aromatic rings. The normalized spacial score (nSPS) is 10.2. The van der Waals surface area contributed by atoms with E-state index in [0.717, 1.165) is 11.1 Å². The lowest BCUT2D eigenvalue weighted by Gasteiger charge is -2.07. The predicted molar refractivity (Wildman–Crippen MR) is 102 cm³/mol. The van der Waals surface area contributed by atoms with Crippen LogP contribution in [0.3, 0.4) is 0 Å². The number of hydrogen-bond acceptors (Lipinski definition) is 6. The fourth-order valence-corrected chi connectivity index (χ4v) is 3.03. The van der Waals surface area contributed by atoms with Crippen LogP contribution < -0.4 is 5.32 Å². The maximum Gasteiger partial charge on any atom is 0.349 e. The van der Waals surface area contributed by atoms with Crippen LogP contribution in [0.15, 0.2) is 66.7 Å². The monoisotopic (exact) mass is 382 g/mol. The maximum atomic E-state index is 11.9. The summed E-state index contributed by atoms with van der Waals surface area (Å²) in [4.78, 5) is 33.8. The van der Waals surface area contributed by atoms with Gasteiger partial charge in [-0.2, -0.15) is 0 Å². The maximum absolute atomic E-state index is 11.9. The first-order chi connectivity index (χ1) is 13.0. The summed E-state index contributed by atoms with van der Waals surface area (Å²) in [5, 5.41) is 13.1. The number of carbonyl (C=O) groups is 2. The molecule has 1 N–H and O–H groups in total. The van der Waals surface area contributed by atoms with Crippen molar-refractivity contribution in [1.82, 2.24) is 0 Å². The average molecular weight is 382 g/mol. The molecular formula is C19H14N2O5S. The molecule has 0 spiro atoms. The van der Waals surface area contributed by atoms with E-state index in [1.54, 1.807) is 12.1 Å². The van der Waals surface area contributed by atoms with Crippen LogP contribution in [0.5, 0.6) is 0 Å². The number of rotatable bonds is 6. The van der Waals surface area contributed by atoms with Crippen LogP contribution in [0.2, 0.25) is 0 Å². The molecule has 7 nitrogen and oxygen atoms in total. The van der Waals surface area contributed by atoms with E-state index in [1.165, 1.54) is 12.1 Å². The van der Waals surface area contributed by atoms with E-state index in [9.17, 15) is 19.7 Å². The Kier molecular flexibility index (Phi) is 5.58. The first-order valence-electron chi connectivity index (χ1n) is 7.89. The Morgan fingerprint density at radius 3 is 2.26 bits per heavy atom. The van der Waals surface area contributed by atoms with Gasteiger partial charge in [-0.25, -0.2) is 4.79 Å². The summed E-state index contributed by atoms with van der Waals surface area (Å²) in [6, 6.07) is 19.6. The SMILES string of the molecule is O=C(COC(=O)c1ccc([N+](=O)[O-])s1)Nc1ccc(-c2ccccc2)cc1. The molecule has 2 aromatic carbocycles. The van der Waals surface area contributed by atoms with E-state index in [2.05, 4.69) is 5.32 Å². The van der Waals surface area contributed by atoms with Gasteiger partial charge in [0.05, 0.1) is 4.92 Å². The third kappa shape index (κ3) is 4.77. The second kappa shape index (κ2) is 8.24. The molecule has 0 aliphatic carbocycles. The molecule has 0 fully saturated rings. The number of esters is 1. The van der Waals surface area contributed by atoms with Crippen molar-refractivity contribution < 1.29 is 19.2 Å². The first-order valence-corrected chi connectivity index (χ1v) is 8.71. The number of carbonyl (C=O) groups excluding carboxylic acids is 2. The number of hydrogen-bond donors (Lipinski definition) is 1. The Labute approximate surface area is 158 Å². The van der Waals surface area contributed by atoms with Gasteiger partial charge in [-0.05, 0) is 29.3 Å². The van der Waals surface area contributed by atoms with Crippen molar-refractivity contribution in [2.45, 2.75) is 0 Å². The van der Waals surface area contributed by atoms with Crippen molar-refractivity contribution in [2.75, 3.05) is 11.9 Å². The Balaban J connectivity index is 1.53. The topological polar surface area (TPSA) is 98.5 Å². The van der Waals surface area contributed by atoms with Gasteiger partial charge in [0, 0.05) is 11.8 Å². The summed E-state index contributed by atoms with van der Waals surface area (Å²) in [5.41, 5.74) is 2.65. The van der Waals surface area contributed by atoms with Crippen molar-refractivity contribution in [2.24, 2.45) is 0 Å². The zero-order valence-electron chi connectivity index (χ0n) is 14.0. The number of benzene rings is 2. The molecular weight excluding hydrogens is 368 g/mol. The van der Waals surface area contributed by atoms with Crippen LogP contribution in [0, 0.1) is 10.1 Å². The van der Waals surface area contributed by atoms with Gasteiger partial charge in [0.2, 0.25) is 0 Å². The Hall–Kier alpha value is -3.52. The molecule has 0 saturated carbocycles. The Morgan fingerprint density at radius 1 is 0.963 bits per heavy atom. The standard InChI is InChI=1S/C19H14N2O5S/c22-17(12-26-19(23)16-10-11-18(27-16)21(24)25)20-15-8-6-14(7-9-15)13-4-2-1-3-5-13/h1-11H,12H2,(H,20,22). The number of thiophene rings is 1. The highest BCUT2D eigenvalue weighted by Gasteiger charge is 2.17. The molecule has 1 heterocycles. The second-order valence-corrected chi connectivity index (χ2v) is 6.52. The summed E-state index contributed by atoms with van der Waals surface area (Å²) >= 11 is 0.699. The quantitative estimate of drug-likeness (QED) is 0.393. The van der Waals surface area contributed by atoms with Gasteiger partial charge in [-0.1, -0.05) is 53.8 Å². The minimum absolute atomic E-state index is 0.0710. The molecule has 0 saturated heterocycles. The van der Waals surface area contributed by atoms with Gasteiger partial charge in [0.25, 0.3) is 5.91 Å². The summed E-state index contributed by atoms with van der Waals surface area (Å²) in [6.07, 6.45) is 0. The smallest absolute Gasteiger partial charge is 0.349 e. The van der Waals surface area contributed by atoms with Crippen LogP contribution in [0.25, 0.3) is 11.1 Å². The molecule has 0 bridgehead atoms. The minimum atomic E-state index is -0.775. The van der Waals surface area contributed by atoms with Crippen molar-refractivity contribution in [3.8, 4) is 11.1 Å². The fourth-order valence-electron chi connectivity index (χ4n) is 2.31. The number of nitrogens with zero attached hydrogens (tertiary/aromatic N) is 1. The summed E-state index contributed by atoms with van der Waals surface area (Å²) in [6.45, 7) is -0.481. The zero-order valence-corrected chi connectivity index (χ0v) is 14.8. The number of anilines is 1. The lowest BCUT2D eigenvalue weighted by molar-refractivity contribution is -0.380. The molecule has 3 rings (SSSR count). The van der Waals surface area contributed by atoms with Crippen LogP contribution in [-0.2, 0) is 9.53 Å². The van der Waals surface area contributed by atoms with Crippen molar-refractivity contribution in [3.63, 3.8) is 0 Å². The van der Waals surface area contributed by atoms with E-state index in [-0.39, 0.29) is 9.88 Å². The van der Waals surface area contributed by atoms with E-state index in [1.807, 2.05) is 42.5 Å².